The number of nitrogens with zero attached hydrogens (tertiary/aromatic N) is 1. The van der Waals surface area contributed by atoms with Crippen molar-refractivity contribution >= 4 is 27.3 Å². The monoisotopic (exact) mass is 421 g/mol. The van der Waals surface area contributed by atoms with Crippen molar-refractivity contribution < 1.29 is 17.9 Å². The summed E-state index contributed by atoms with van der Waals surface area (Å²) in [6, 6.07) is 13.9. The summed E-state index contributed by atoms with van der Waals surface area (Å²) in [5, 5.41) is 0.557. The first-order chi connectivity index (χ1) is 13.2. The van der Waals surface area contributed by atoms with E-state index in [-0.39, 0.29) is 36.1 Å². The lowest BCUT2D eigenvalue weighted by Gasteiger charge is -2.29. The molecule has 1 saturated heterocycles. The number of hydrogen-bond donors (Lipinski definition) is 0. The number of carbonyl (C=O) groups excluding carboxylic acids is 1. The van der Waals surface area contributed by atoms with Crippen molar-refractivity contribution in [3.8, 4) is 5.75 Å². The summed E-state index contributed by atoms with van der Waals surface area (Å²) < 4.78 is 29.6. The molecule has 0 aromatic heterocycles. The second-order valence-electron chi connectivity index (χ2n) is 7.27. The van der Waals surface area contributed by atoms with Gasteiger partial charge in [0.1, 0.15) is 5.75 Å². The van der Waals surface area contributed by atoms with Gasteiger partial charge in [-0.05, 0) is 56.2 Å². The maximum atomic E-state index is 13.2. The minimum Gasteiger partial charge on any atom is -0.491 e. The van der Waals surface area contributed by atoms with Crippen molar-refractivity contribution in [2.24, 2.45) is 0 Å². The third kappa shape index (κ3) is 5.06. The molecule has 5 nitrogen and oxygen atoms in total. The molecular formula is C21H24ClNO4S. The number of carbonyl (C=O) groups is 1. The minimum atomic E-state index is -3.13. The van der Waals surface area contributed by atoms with E-state index in [2.05, 4.69) is 0 Å². The molecule has 1 amide bonds. The Labute approximate surface area is 171 Å². The smallest absolute Gasteiger partial charge is 0.254 e. The Morgan fingerprint density at radius 3 is 2.43 bits per heavy atom. The molecule has 1 heterocycles. The highest BCUT2D eigenvalue weighted by Gasteiger charge is 2.35. The highest BCUT2D eigenvalue weighted by molar-refractivity contribution is 7.91. The third-order valence-electron chi connectivity index (χ3n) is 4.68. The van der Waals surface area contributed by atoms with Gasteiger partial charge in [0.2, 0.25) is 0 Å². The molecule has 1 atom stereocenters. The molecule has 0 spiro atoms. The van der Waals surface area contributed by atoms with Crippen LogP contribution >= 0.6 is 11.6 Å². The molecule has 0 saturated carbocycles. The number of amides is 1. The predicted molar refractivity (Wildman–Crippen MR) is 111 cm³/mol. The van der Waals surface area contributed by atoms with Crippen molar-refractivity contribution in [1.82, 2.24) is 4.90 Å². The Balaban J connectivity index is 1.87. The molecule has 1 aliphatic heterocycles. The Kier molecular flexibility index (Phi) is 6.30. The van der Waals surface area contributed by atoms with E-state index in [1.807, 2.05) is 32.0 Å². The highest BCUT2D eigenvalue weighted by atomic mass is 35.5. The van der Waals surface area contributed by atoms with Gasteiger partial charge >= 0.3 is 0 Å². The first kappa shape index (κ1) is 20.7. The molecule has 3 rings (SSSR count). The van der Waals surface area contributed by atoms with Gasteiger partial charge in [-0.2, -0.15) is 0 Å². The standard InChI is InChI=1S/C21H24ClNO4S/c1-15(2)27-19-9-7-16(8-10-19)21(24)23(18-11-12-28(25,26)14-18)13-17-5-3-4-6-20(17)22/h3-10,15,18H,11-14H2,1-2H3. The summed E-state index contributed by atoms with van der Waals surface area (Å²) in [6.07, 6.45) is 0.481. The molecule has 28 heavy (non-hydrogen) atoms. The van der Waals surface area contributed by atoms with Gasteiger partial charge in [0.15, 0.2) is 9.84 Å². The largest absolute Gasteiger partial charge is 0.491 e. The molecular weight excluding hydrogens is 398 g/mol. The van der Waals surface area contributed by atoms with Crippen LogP contribution in [0.5, 0.6) is 5.75 Å². The lowest BCUT2D eigenvalue weighted by molar-refractivity contribution is 0.0681. The highest BCUT2D eigenvalue weighted by Crippen LogP contribution is 2.25. The van der Waals surface area contributed by atoms with Crippen LogP contribution in [0.3, 0.4) is 0 Å². The quantitative estimate of drug-likeness (QED) is 0.708. The number of hydrogen-bond acceptors (Lipinski definition) is 4. The van der Waals surface area contributed by atoms with Crippen molar-refractivity contribution in [3.05, 3.63) is 64.7 Å². The van der Waals surface area contributed by atoms with E-state index in [1.165, 1.54) is 0 Å². The van der Waals surface area contributed by atoms with Crippen LogP contribution in [0.2, 0.25) is 5.02 Å². The van der Waals surface area contributed by atoms with Gasteiger partial charge in [0.05, 0.1) is 17.6 Å². The molecule has 0 aliphatic carbocycles. The SMILES string of the molecule is CC(C)Oc1ccc(C(=O)N(Cc2ccccc2Cl)C2CCS(=O)(=O)C2)cc1. The fourth-order valence-electron chi connectivity index (χ4n) is 3.31. The lowest BCUT2D eigenvalue weighted by atomic mass is 10.1. The van der Waals surface area contributed by atoms with Crippen molar-refractivity contribution in [2.75, 3.05) is 11.5 Å². The lowest BCUT2D eigenvalue weighted by Crippen LogP contribution is -2.40. The first-order valence-electron chi connectivity index (χ1n) is 9.27. The summed E-state index contributed by atoms with van der Waals surface area (Å²) in [7, 11) is -3.13. The molecule has 1 aliphatic rings. The van der Waals surface area contributed by atoms with E-state index < -0.39 is 9.84 Å². The molecule has 7 heteroatoms. The maximum Gasteiger partial charge on any atom is 0.254 e. The van der Waals surface area contributed by atoms with Crippen LogP contribution in [0.4, 0.5) is 0 Å². The summed E-state index contributed by atoms with van der Waals surface area (Å²) in [6.45, 7) is 4.14. The van der Waals surface area contributed by atoms with Crippen LogP contribution in [-0.4, -0.2) is 42.9 Å². The molecule has 0 N–H and O–H groups in total. The van der Waals surface area contributed by atoms with Crippen molar-refractivity contribution in [1.29, 1.82) is 0 Å². The zero-order valence-corrected chi connectivity index (χ0v) is 17.5. The van der Waals surface area contributed by atoms with Crippen LogP contribution in [0, 0.1) is 0 Å². The Bertz CT molecular complexity index is 941. The van der Waals surface area contributed by atoms with E-state index in [9.17, 15) is 13.2 Å². The normalized spacial score (nSPS) is 18.2. The minimum absolute atomic E-state index is 0.0161. The molecule has 0 bridgehead atoms. The Morgan fingerprint density at radius 1 is 1.18 bits per heavy atom. The summed E-state index contributed by atoms with van der Waals surface area (Å²) in [5.74, 6) is 0.564. The second-order valence-corrected chi connectivity index (χ2v) is 9.91. The van der Waals surface area contributed by atoms with Gasteiger partial charge in [-0.3, -0.25) is 4.79 Å². The summed E-state index contributed by atoms with van der Waals surface area (Å²) in [5.41, 5.74) is 1.29. The van der Waals surface area contributed by atoms with Crippen LogP contribution in [-0.2, 0) is 16.4 Å². The van der Waals surface area contributed by atoms with Crippen LogP contribution in [0.25, 0.3) is 0 Å². The van der Waals surface area contributed by atoms with E-state index in [0.29, 0.717) is 22.8 Å². The van der Waals surface area contributed by atoms with Crippen LogP contribution in [0.15, 0.2) is 48.5 Å². The molecule has 2 aromatic rings. The Hall–Kier alpha value is -2.05. The van der Waals surface area contributed by atoms with Gasteiger partial charge in [-0.1, -0.05) is 29.8 Å². The Morgan fingerprint density at radius 2 is 1.86 bits per heavy atom. The van der Waals surface area contributed by atoms with Gasteiger partial charge in [0, 0.05) is 23.2 Å². The third-order valence-corrected chi connectivity index (χ3v) is 6.80. The van der Waals surface area contributed by atoms with Crippen molar-refractivity contribution in [3.63, 3.8) is 0 Å². The van der Waals surface area contributed by atoms with Gasteiger partial charge in [-0.25, -0.2) is 8.42 Å². The zero-order chi connectivity index (χ0) is 20.3. The summed E-state index contributed by atoms with van der Waals surface area (Å²) >= 11 is 6.28. The number of ether oxygens (including phenoxy) is 1. The number of benzene rings is 2. The number of halogens is 1. The molecule has 1 unspecified atom stereocenters. The molecule has 1 fully saturated rings. The fraction of sp³-hybridized carbons (Fsp3) is 0.381. The topological polar surface area (TPSA) is 63.7 Å². The van der Waals surface area contributed by atoms with E-state index >= 15 is 0 Å². The van der Waals surface area contributed by atoms with Crippen molar-refractivity contribution in [2.45, 2.75) is 39.0 Å². The van der Waals surface area contributed by atoms with E-state index in [0.717, 1.165) is 5.56 Å². The first-order valence-corrected chi connectivity index (χ1v) is 11.5. The van der Waals surface area contributed by atoms with E-state index in [1.54, 1.807) is 35.2 Å². The van der Waals surface area contributed by atoms with Gasteiger partial charge in [0.25, 0.3) is 5.91 Å². The molecule has 0 radical (unpaired) electrons. The fourth-order valence-corrected chi connectivity index (χ4v) is 5.24. The predicted octanol–water partition coefficient (Wildman–Crippen LogP) is 3.96. The average Bonchev–Trinajstić information content (AvgIpc) is 3.00. The van der Waals surface area contributed by atoms with Gasteiger partial charge < -0.3 is 9.64 Å². The second kappa shape index (κ2) is 8.53. The number of sulfone groups is 1. The van der Waals surface area contributed by atoms with Gasteiger partial charge in [-0.15, -0.1) is 0 Å². The van der Waals surface area contributed by atoms with Crippen LogP contribution < -0.4 is 4.74 Å². The molecule has 2 aromatic carbocycles. The summed E-state index contributed by atoms with van der Waals surface area (Å²) in [4.78, 5) is 14.9. The maximum absolute atomic E-state index is 13.2. The van der Waals surface area contributed by atoms with E-state index in [4.69, 9.17) is 16.3 Å². The average molecular weight is 422 g/mol. The zero-order valence-electron chi connectivity index (χ0n) is 16.0. The number of rotatable bonds is 6. The van der Waals surface area contributed by atoms with Crippen LogP contribution in [0.1, 0.15) is 36.2 Å². The molecule has 150 valence electrons.